The highest BCUT2D eigenvalue weighted by Crippen LogP contribution is 2.30. The zero-order valence-corrected chi connectivity index (χ0v) is 12.6. The predicted molar refractivity (Wildman–Crippen MR) is 84.7 cm³/mol. The SMILES string of the molecule is NCC#Cc1ccsc1C(=O)Nc1cccc(Cl)c1Cl. The van der Waals surface area contributed by atoms with Gasteiger partial charge in [-0.1, -0.05) is 41.1 Å². The van der Waals surface area contributed by atoms with Crippen LogP contribution in [0.2, 0.25) is 10.0 Å². The van der Waals surface area contributed by atoms with Crippen molar-refractivity contribution in [3.8, 4) is 11.8 Å². The summed E-state index contributed by atoms with van der Waals surface area (Å²) < 4.78 is 0. The first-order chi connectivity index (χ1) is 9.63. The van der Waals surface area contributed by atoms with Crippen molar-refractivity contribution in [2.45, 2.75) is 0 Å². The summed E-state index contributed by atoms with van der Waals surface area (Å²) in [7, 11) is 0. The summed E-state index contributed by atoms with van der Waals surface area (Å²) in [6, 6.07) is 6.84. The molecular formula is C14H10Cl2N2OS. The van der Waals surface area contributed by atoms with Gasteiger partial charge in [0.05, 0.1) is 22.3 Å². The van der Waals surface area contributed by atoms with Gasteiger partial charge in [0.15, 0.2) is 0 Å². The number of rotatable bonds is 2. The molecule has 3 nitrogen and oxygen atoms in total. The van der Waals surface area contributed by atoms with Crippen LogP contribution in [0.5, 0.6) is 0 Å². The molecule has 0 saturated heterocycles. The summed E-state index contributed by atoms with van der Waals surface area (Å²) in [4.78, 5) is 12.7. The Morgan fingerprint density at radius 1 is 1.35 bits per heavy atom. The Bertz CT molecular complexity index is 701. The minimum Gasteiger partial charge on any atom is -0.320 e. The molecule has 1 aromatic heterocycles. The summed E-state index contributed by atoms with van der Waals surface area (Å²) in [5.74, 6) is 5.32. The lowest BCUT2D eigenvalue weighted by Gasteiger charge is -2.07. The van der Waals surface area contributed by atoms with E-state index in [2.05, 4.69) is 17.2 Å². The number of hydrogen-bond acceptors (Lipinski definition) is 3. The molecule has 1 heterocycles. The lowest BCUT2D eigenvalue weighted by Crippen LogP contribution is -2.12. The normalized spacial score (nSPS) is 9.75. The molecule has 0 saturated carbocycles. The van der Waals surface area contributed by atoms with Crippen LogP contribution in [0.3, 0.4) is 0 Å². The van der Waals surface area contributed by atoms with Crippen LogP contribution in [0.15, 0.2) is 29.6 Å². The van der Waals surface area contributed by atoms with Crippen LogP contribution >= 0.6 is 34.5 Å². The Kier molecular flexibility index (Phi) is 5.05. The minimum absolute atomic E-state index is 0.247. The van der Waals surface area contributed by atoms with Crippen LogP contribution in [0, 0.1) is 11.8 Å². The molecule has 0 bridgehead atoms. The Morgan fingerprint density at radius 3 is 2.90 bits per heavy atom. The van der Waals surface area contributed by atoms with Crippen molar-refractivity contribution in [1.82, 2.24) is 0 Å². The highest BCUT2D eigenvalue weighted by molar-refractivity contribution is 7.12. The first-order valence-electron chi connectivity index (χ1n) is 5.65. The van der Waals surface area contributed by atoms with Crippen LogP contribution in [-0.2, 0) is 0 Å². The maximum absolute atomic E-state index is 12.2. The van der Waals surface area contributed by atoms with Gasteiger partial charge in [-0.3, -0.25) is 4.79 Å². The fourth-order valence-electron chi connectivity index (χ4n) is 1.51. The number of carbonyl (C=O) groups is 1. The van der Waals surface area contributed by atoms with E-state index in [0.717, 1.165) is 0 Å². The molecule has 2 rings (SSSR count). The second-order valence-corrected chi connectivity index (χ2v) is 5.43. The van der Waals surface area contributed by atoms with Crippen LogP contribution in [0.4, 0.5) is 5.69 Å². The standard InChI is InChI=1S/C14H10Cl2N2OS/c15-10-4-1-5-11(12(10)16)18-14(19)13-9(3-2-7-17)6-8-20-13/h1,4-6,8H,7,17H2,(H,18,19). The smallest absolute Gasteiger partial charge is 0.267 e. The lowest BCUT2D eigenvalue weighted by molar-refractivity contribution is 0.103. The number of anilines is 1. The van der Waals surface area contributed by atoms with Crippen LogP contribution in [0.1, 0.15) is 15.2 Å². The van der Waals surface area contributed by atoms with Gasteiger partial charge in [-0.2, -0.15) is 0 Å². The summed E-state index contributed by atoms with van der Waals surface area (Å²) in [6.45, 7) is 0.247. The minimum atomic E-state index is -0.273. The Morgan fingerprint density at radius 2 is 2.15 bits per heavy atom. The van der Waals surface area contributed by atoms with E-state index >= 15 is 0 Å². The van der Waals surface area contributed by atoms with Crippen LogP contribution in [0.25, 0.3) is 0 Å². The number of nitrogens with two attached hydrogens (primary N) is 1. The first-order valence-corrected chi connectivity index (χ1v) is 7.29. The van der Waals surface area contributed by atoms with E-state index in [1.807, 2.05) is 0 Å². The molecule has 0 radical (unpaired) electrons. The number of thiophene rings is 1. The monoisotopic (exact) mass is 324 g/mol. The van der Waals surface area contributed by atoms with E-state index in [9.17, 15) is 4.79 Å². The Balaban J connectivity index is 2.25. The van der Waals surface area contributed by atoms with Gasteiger partial charge in [0.2, 0.25) is 0 Å². The molecule has 20 heavy (non-hydrogen) atoms. The molecular weight excluding hydrogens is 315 g/mol. The lowest BCUT2D eigenvalue weighted by atomic mass is 10.2. The molecule has 0 aliphatic rings. The first kappa shape index (κ1) is 14.9. The van der Waals surface area contributed by atoms with Gasteiger partial charge in [-0.05, 0) is 23.6 Å². The maximum Gasteiger partial charge on any atom is 0.267 e. The van der Waals surface area contributed by atoms with Crippen molar-refractivity contribution in [1.29, 1.82) is 0 Å². The fraction of sp³-hybridized carbons (Fsp3) is 0.0714. The predicted octanol–water partition coefficient (Wildman–Crippen LogP) is 3.62. The molecule has 1 aromatic carbocycles. The summed E-state index contributed by atoms with van der Waals surface area (Å²) >= 11 is 13.2. The third kappa shape index (κ3) is 3.33. The van der Waals surface area contributed by atoms with Crippen molar-refractivity contribution in [2.75, 3.05) is 11.9 Å². The number of halogens is 2. The van der Waals surface area contributed by atoms with Gasteiger partial charge in [-0.25, -0.2) is 0 Å². The van der Waals surface area contributed by atoms with Gasteiger partial charge in [0.1, 0.15) is 4.88 Å². The van der Waals surface area contributed by atoms with E-state index in [1.54, 1.807) is 29.6 Å². The topological polar surface area (TPSA) is 55.1 Å². The number of benzene rings is 1. The van der Waals surface area contributed by atoms with Crippen LogP contribution in [-0.4, -0.2) is 12.5 Å². The second kappa shape index (κ2) is 6.78. The molecule has 0 fully saturated rings. The Hall–Kier alpha value is -1.51. The second-order valence-electron chi connectivity index (χ2n) is 3.72. The molecule has 2 aromatic rings. The van der Waals surface area contributed by atoms with E-state index in [1.165, 1.54) is 11.3 Å². The van der Waals surface area contributed by atoms with Crippen molar-refractivity contribution < 1.29 is 4.79 Å². The molecule has 3 N–H and O–H groups in total. The van der Waals surface area contributed by atoms with E-state index < -0.39 is 0 Å². The number of hydrogen-bond donors (Lipinski definition) is 2. The van der Waals surface area contributed by atoms with Crippen molar-refractivity contribution >= 4 is 46.1 Å². The molecule has 6 heteroatoms. The van der Waals surface area contributed by atoms with Gasteiger partial charge < -0.3 is 11.1 Å². The summed E-state index contributed by atoms with van der Waals surface area (Å²) in [6.07, 6.45) is 0. The number of nitrogens with one attached hydrogen (secondary N) is 1. The van der Waals surface area contributed by atoms with E-state index in [-0.39, 0.29) is 12.5 Å². The molecule has 0 unspecified atom stereocenters. The van der Waals surface area contributed by atoms with Crippen molar-refractivity contribution in [3.05, 3.63) is 50.1 Å². The quantitative estimate of drug-likeness (QED) is 0.829. The van der Waals surface area contributed by atoms with Crippen LogP contribution < -0.4 is 11.1 Å². The molecule has 0 aliphatic heterocycles. The Labute approximate surface area is 130 Å². The molecule has 0 aliphatic carbocycles. The van der Waals surface area contributed by atoms with E-state index in [0.29, 0.717) is 26.2 Å². The summed E-state index contributed by atoms with van der Waals surface area (Å²) in [5.41, 5.74) is 6.45. The highest BCUT2D eigenvalue weighted by atomic mass is 35.5. The fourth-order valence-corrected chi connectivity index (χ4v) is 2.60. The summed E-state index contributed by atoms with van der Waals surface area (Å²) in [5, 5.41) is 5.23. The number of amides is 1. The highest BCUT2D eigenvalue weighted by Gasteiger charge is 2.14. The average Bonchev–Trinajstić information content (AvgIpc) is 2.90. The van der Waals surface area contributed by atoms with Crippen molar-refractivity contribution in [2.24, 2.45) is 5.73 Å². The zero-order valence-electron chi connectivity index (χ0n) is 10.2. The maximum atomic E-state index is 12.2. The van der Waals surface area contributed by atoms with Gasteiger partial charge in [-0.15, -0.1) is 11.3 Å². The largest absolute Gasteiger partial charge is 0.320 e. The average molecular weight is 325 g/mol. The molecule has 1 amide bonds. The number of carbonyl (C=O) groups excluding carboxylic acids is 1. The van der Waals surface area contributed by atoms with E-state index in [4.69, 9.17) is 28.9 Å². The van der Waals surface area contributed by atoms with Gasteiger partial charge in [0.25, 0.3) is 5.91 Å². The molecule has 0 atom stereocenters. The van der Waals surface area contributed by atoms with Gasteiger partial charge >= 0.3 is 0 Å². The van der Waals surface area contributed by atoms with Gasteiger partial charge in [0, 0.05) is 5.56 Å². The third-order valence-corrected chi connectivity index (χ3v) is 4.13. The molecule has 0 spiro atoms. The molecule has 102 valence electrons. The third-order valence-electron chi connectivity index (χ3n) is 2.40. The zero-order chi connectivity index (χ0) is 14.5. The van der Waals surface area contributed by atoms with Crippen molar-refractivity contribution in [3.63, 3.8) is 0 Å².